The summed E-state index contributed by atoms with van der Waals surface area (Å²) in [5.74, 6) is 0. The topological polar surface area (TPSA) is 40.5 Å². The van der Waals surface area contributed by atoms with Crippen LogP contribution < -0.4 is 0 Å². The van der Waals surface area contributed by atoms with Crippen molar-refractivity contribution in [2.75, 3.05) is 0 Å². The van der Waals surface area contributed by atoms with Crippen molar-refractivity contribution in [3.8, 4) is 0 Å². The SMILES string of the molecule is C=C.OP(O)(=S)S. The maximum Gasteiger partial charge on any atom is 0.239 e. The zero-order valence-electron chi connectivity index (χ0n) is 3.61. The number of hydrogen-bond acceptors (Lipinski definition) is 1. The van der Waals surface area contributed by atoms with E-state index in [1.54, 1.807) is 0 Å². The van der Waals surface area contributed by atoms with Gasteiger partial charge in [-0.1, -0.05) is 12.2 Å². The average Bonchev–Trinajstić information content (AvgIpc) is 1.36. The summed E-state index contributed by atoms with van der Waals surface area (Å²) in [7, 11) is 0. The molecule has 2 N–H and O–H groups in total. The van der Waals surface area contributed by atoms with Crippen LogP contribution in [-0.2, 0) is 11.8 Å². The second kappa shape index (κ2) is 4.81. The minimum Gasteiger partial charge on any atom is -0.338 e. The second-order valence-corrected chi connectivity index (χ2v) is 5.55. The third-order valence-electron chi connectivity index (χ3n) is 0. The fourth-order valence-corrected chi connectivity index (χ4v) is 0. The zero-order chi connectivity index (χ0) is 6.50. The van der Waals surface area contributed by atoms with E-state index in [-0.39, 0.29) is 0 Å². The van der Waals surface area contributed by atoms with Crippen molar-refractivity contribution in [2.24, 2.45) is 0 Å². The molecule has 0 aromatic carbocycles. The molecule has 0 unspecified atom stereocenters. The highest BCUT2D eigenvalue weighted by atomic mass is 32.9. The van der Waals surface area contributed by atoms with E-state index in [4.69, 9.17) is 9.79 Å². The van der Waals surface area contributed by atoms with Crippen molar-refractivity contribution in [1.29, 1.82) is 0 Å². The molecule has 2 nitrogen and oxygen atoms in total. The Bertz CT molecular complexity index is 69.5. The number of hydrogen-bond donors (Lipinski definition) is 3. The van der Waals surface area contributed by atoms with Crippen molar-refractivity contribution >= 4 is 29.7 Å². The van der Waals surface area contributed by atoms with E-state index < -0.39 is 5.69 Å². The Morgan fingerprint density at radius 2 is 1.43 bits per heavy atom. The van der Waals surface area contributed by atoms with E-state index in [1.807, 2.05) is 0 Å². The predicted octanol–water partition coefficient (Wildman–Crippen LogP) is 0.927. The van der Waals surface area contributed by atoms with Crippen molar-refractivity contribution in [3.05, 3.63) is 13.2 Å². The lowest BCUT2D eigenvalue weighted by Gasteiger charge is -1.88. The first-order valence-corrected chi connectivity index (χ1v) is 5.14. The van der Waals surface area contributed by atoms with Crippen molar-refractivity contribution in [3.63, 3.8) is 0 Å². The van der Waals surface area contributed by atoms with Gasteiger partial charge in [0.1, 0.15) is 0 Å². The fraction of sp³-hybridized carbons (Fsp3) is 0. The van der Waals surface area contributed by atoms with Crippen LogP contribution in [0.15, 0.2) is 13.2 Å². The van der Waals surface area contributed by atoms with Gasteiger partial charge in [-0.25, -0.2) is 0 Å². The van der Waals surface area contributed by atoms with Crippen LogP contribution in [0.4, 0.5) is 0 Å². The van der Waals surface area contributed by atoms with E-state index in [1.165, 1.54) is 0 Å². The third kappa shape index (κ3) is 332. The normalized spacial score (nSPS) is 9.00. The molecule has 7 heavy (non-hydrogen) atoms. The van der Waals surface area contributed by atoms with Crippen molar-refractivity contribution < 1.29 is 9.79 Å². The highest BCUT2D eigenvalue weighted by Gasteiger charge is 1.90. The molecule has 0 fully saturated rings. The smallest absolute Gasteiger partial charge is 0.239 e. The van der Waals surface area contributed by atoms with Gasteiger partial charge in [0.05, 0.1) is 0 Å². The first-order valence-electron chi connectivity index (χ1n) is 1.28. The summed E-state index contributed by atoms with van der Waals surface area (Å²) in [6.07, 6.45) is 0. The molecule has 0 saturated carbocycles. The quantitative estimate of drug-likeness (QED) is 0.279. The zero-order valence-corrected chi connectivity index (χ0v) is 6.22. The molecule has 0 saturated heterocycles. The summed E-state index contributed by atoms with van der Waals surface area (Å²) in [6, 6.07) is 0. The molecule has 5 heteroatoms. The summed E-state index contributed by atoms with van der Waals surface area (Å²) >= 11 is 7.07. The Labute approximate surface area is 53.2 Å². The van der Waals surface area contributed by atoms with Gasteiger partial charge in [-0.05, 0) is 11.8 Å². The third-order valence-corrected chi connectivity index (χ3v) is 0. The maximum absolute atomic E-state index is 7.87. The Balaban J connectivity index is 0. The Morgan fingerprint density at radius 3 is 1.43 bits per heavy atom. The molecule has 0 atom stereocenters. The van der Waals surface area contributed by atoms with E-state index in [9.17, 15) is 0 Å². The number of thiol groups is 1. The van der Waals surface area contributed by atoms with E-state index in [2.05, 4.69) is 37.2 Å². The molecule has 44 valence electrons. The van der Waals surface area contributed by atoms with Crippen LogP contribution in [-0.4, -0.2) is 9.79 Å². The predicted molar refractivity (Wildman–Crippen MR) is 39.0 cm³/mol. The lowest BCUT2D eigenvalue weighted by Crippen LogP contribution is -1.53. The van der Waals surface area contributed by atoms with Crippen LogP contribution in [0.2, 0.25) is 0 Å². The molecule has 0 aromatic rings. The van der Waals surface area contributed by atoms with E-state index in [0.29, 0.717) is 0 Å². The maximum atomic E-state index is 7.87. The van der Waals surface area contributed by atoms with Gasteiger partial charge < -0.3 is 9.79 Å². The summed E-state index contributed by atoms with van der Waals surface area (Å²) in [4.78, 5) is 15.7. The highest BCUT2D eigenvalue weighted by molar-refractivity contribution is 8.59. The Morgan fingerprint density at radius 1 is 1.43 bits per heavy atom. The molecule has 0 aliphatic rings. The van der Waals surface area contributed by atoms with Gasteiger partial charge in [0.25, 0.3) is 0 Å². The van der Waals surface area contributed by atoms with Gasteiger partial charge in [0.15, 0.2) is 0 Å². The molecule has 0 amide bonds. The molecular weight excluding hydrogens is 151 g/mol. The molecule has 0 bridgehead atoms. The highest BCUT2D eigenvalue weighted by Crippen LogP contribution is 2.39. The van der Waals surface area contributed by atoms with Gasteiger partial charge in [0.2, 0.25) is 5.69 Å². The van der Waals surface area contributed by atoms with Crippen LogP contribution in [0.3, 0.4) is 0 Å². The standard InChI is InChI=1S/C2H4.H3O2PS2/c1-2;1-3(2,4)5/h1-2H2;(H3,1,2,4,5). The summed E-state index contributed by atoms with van der Waals surface area (Å²) in [5.41, 5.74) is -3.11. The number of rotatable bonds is 0. The Hall–Kier alpha value is 0.660. The lowest BCUT2D eigenvalue weighted by molar-refractivity contribution is 0.503. The van der Waals surface area contributed by atoms with Gasteiger partial charge in [-0.2, -0.15) is 0 Å². The first kappa shape index (κ1) is 10.6. The summed E-state index contributed by atoms with van der Waals surface area (Å²) < 4.78 is 0. The van der Waals surface area contributed by atoms with Crippen LogP contribution in [0.1, 0.15) is 0 Å². The minimum absolute atomic E-state index is 3.00. The molecule has 0 heterocycles. The van der Waals surface area contributed by atoms with Gasteiger partial charge in [0, 0.05) is 0 Å². The van der Waals surface area contributed by atoms with Gasteiger partial charge in [-0.15, -0.1) is 13.2 Å². The van der Waals surface area contributed by atoms with Gasteiger partial charge in [-0.3, -0.25) is 0 Å². The lowest BCUT2D eigenvalue weighted by atomic mass is 11.3. The van der Waals surface area contributed by atoms with Gasteiger partial charge >= 0.3 is 0 Å². The van der Waals surface area contributed by atoms with Crippen LogP contribution in [0, 0.1) is 0 Å². The molecule has 0 aliphatic heterocycles. The van der Waals surface area contributed by atoms with E-state index >= 15 is 0 Å². The average molecular weight is 158 g/mol. The molecule has 0 spiro atoms. The van der Waals surface area contributed by atoms with Crippen LogP contribution >= 0.6 is 17.9 Å². The summed E-state index contributed by atoms with van der Waals surface area (Å²) in [6.45, 7) is 6.00. The van der Waals surface area contributed by atoms with Crippen LogP contribution in [0.25, 0.3) is 0 Å². The molecule has 0 radical (unpaired) electrons. The molecule has 0 rings (SSSR count). The fourth-order valence-electron chi connectivity index (χ4n) is 0. The van der Waals surface area contributed by atoms with Crippen LogP contribution in [0.5, 0.6) is 0 Å². The van der Waals surface area contributed by atoms with Crippen molar-refractivity contribution in [2.45, 2.75) is 0 Å². The first-order chi connectivity index (χ1) is 3.00. The monoisotopic (exact) mass is 158 g/mol. The van der Waals surface area contributed by atoms with E-state index in [0.717, 1.165) is 0 Å². The molecule has 0 aliphatic carbocycles. The molecule has 0 aromatic heterocycles. The van der Waals surface area contributed by atoms with Crippen molar-refractivity contribution in [1.82, 2.24) is 0 Å². The largest absolute Gasteiger partial charge is 0.338 e. The second-order valence-electron chi connectivity index (χ2n) is 0.513. The Kier molecular flexibility index (Phi) is 7.29. The molecular formula is C2H7O2PS2. The summed E-state index contributed by atoms with van der Waals surface area (Å²) in [5, 5.41) is 0. The minimum atomic E-state index is -3.11.